The van der Waals surface area contributed by atoms with Gasteiger partial charge in [-0.05, 0) is 19.9 Å². The molecule has 1 unspecified atom stereocenters. The lowest BCUT2D eigenvalue weighted by atomic mass is 10.1. The van der Waals surface area contributed by atoms with Gasteiger partial charge in [0.2, 0.25) is 5.95 Å². The summed E-state index contributed by atoms with van der Waals surface area (Å²) >= 11 is 4.92. The largest absolute Gasteiger partial charge is 0.394 e. The average Bonchev–Trinajstić information content (AvgIpc) is 2.37. The Bertz CT molecular complexity index is 481. The van der Waals surface area contributed by atoms with Crippen LogP contribution in [0.25, 0.3) is 0 Å². The van der Waals surface area contributed by atoms with E-state index in [4.69, 9.17) is 22.7 Å². The van der Waals surface area contributed by atoms with Gasteiger partial charge in [-0.2, -0.15) is 0 Å². The summed E-state index contributed by atoms with van der Waals surface area (Å²) in [6.07, 6.45) is 1.38. The van der Waals surface area contributed by atoms with Crippen LogP contribution in [0.4, 0.5) is 5.95 Å². The molecule has 7 heteroatoms. The first-order valence-corrected chi connectivity index (χ1v) is 6.48. The molecule has 0 saturated carbocycles. The van der Waals surface area contributed by atoms with Gasteiger partial charge in [0.15, 0.2) is 0 Å². The number of hydrogen-bond donors (Lipinski definition) is 2. The minimum Gasteiger partial charge on any atom is -0.394 e. The number of thiocarbonyl (C=S) groups is 1. The molecule has 19 heavy (non-hydrogen) atoms. The molecule has 1 fully saturated rings. The molecule has 6 nitrogen and oxygen atoms in total. The first-order chi connectivity index (χ1) is 8.91. The van der Waals surface area contributed by atoms with Crippen LogP contribution in [0.5, 0.6) is 0 Å². The van der Waals surface area contributed by atoms with E-state index in [1.165, 1.54) is 0 Å². The molecule has 1 atom stereocenters. The fourth-order valence-electron chi connectivity index (χ4n) is 2.18. The number of aromatic nitrogens is 2. The molecule has 0 aromatic carbocycles. The average molecular weight is 282 g/mol. The molecule has 0 aliphatic carbocycles. The lowest BCUT2D eigenvalue weighted by molar-refractivity contribution is -0.101. The van der Waals surface area contributed by atoms with Gasteiger partial charge in [0.1, 0.15) is 10.7 Å². The molecule has 2 rings (SSSR count). The third-order valence-electron chi connectivity index (χ3n) is 2.86. The summed E-state index contributed by atoms with van der Waals surface area (Å²) in [7, 11) is 0. The van der Waals surface area contributed by atoms with Crippen LogP contribution in [-0.2, 0) is 4.74 Å². The molecule has 0 radical (unpaired) electrons. The third kappa shape index (κ3) is 3.37. The zero-order valence-electron chi connectivity index (χ0n) is 11.0. The summed E-state index contributed by atoms with van der Waals surface area (Å²) in [5.74, 6) is 0.556. The lowest BCUT2D eigenvalue weighted by Crippen LogP contribution is -2.54. The third-order valence-corrected chi connectivity index (χ3v) is 3.07. The van der Waals surface area contributed by atoms with Crippen LogP contribution in [0.3, 0.4) is 0 Å². The first kappa shape index (κ1) is 14.1. The number of aliphatic hydroxyl groups is 1. The summed E-state index contributed by atoms with van der Waals surface area (Å²) in [5, 5.41) is 9.30. The van der Waals surface area contributed by atoms with Gasteiger partial charge < -0.3 is 20.5 Å². The van der Waals surface area contributed by atoms with Crippen LogP contribution in [0.1, 0.15) is 19.5 Å². The number of anilines is 1. The Morgan fingerprint density at radius 2 is 2.42 bits per heavy atom. The highest BCUT2D eigenvalue weighted by molar-refractivity contribution is 7.80. The molecule has 1 saturated heterocycles. The highest BCUT2D eigenvalue weighted by Gasteiger charge is 2.34. The number of rotatable bonds is 3. The van der Waals surface area contributed by atoms with Crippen molar-refractivity contribution in [2.75, 3.05) is 24.6 Å². The summed E-state index contributed by atoms with van der Waals surface area (Å²) in [6, 6.07) is 1.68. The molecular weight excluding hydrogens is 264 g/mol. The van der Waals surface area contributed by atoms with Crippen LogP contribution in [0.15, 0.2) is 12.3 Å². The van der Waals surface area contributed by atoms with Gasteiger partial charge in [0, 0.05) is 19.3 Å². The molecule has 2 heterocycles. The van der Waals surface area contributed by atoms with Crippen molar-refractivity contribution < 1.29 is 9.84 Å². The topological polar surface area (TPSA) is 84.5 Å². The minimum absolute atomic E-state index is 0.0328. The molecule has 0 amide bonds. The number of hydrogen-bond acceptors (Lipinski definition) is 6. The Hall–Kier alpha value is -1.31. The molecule has 1 aliphatic heterocycles. The van der Waals surface area contributed by atoms with E-state index in [0.717, 1.165) is 0 Å². The summed E-state index contributed by atoms with van der Waals surface area (Å²) in [6.45, 7) is 5.10. The number of nitrogens with zero attached hydrogens (tertiary/aromatic N) is 3. The molecule has 104 valence electrons. The van der Waals surface area contributed by atoms with Crippen molar-refractivity contribution in [1.29, 1.82) is 0 Å². The van der Waals surface area contributed by atoms with Crippen molar-refractivity contribution >= 4 is 23.2 Å². The quantitative estimate of drug-likeness (QED) is 0.760. The SMILES string of the molecule is CC1(C)CN(c2nccc(C(N)=S)n2)CC(CO)O1. The smallest absolute Gasteiger partial charge is 0.226 e. The van der Waals surface area contributed by atoms with Crippen molar-refractivity contribution in [1.82, 2.24) is 9.97 Å². The molecule has 0 spiro atoms. The first-order valence-electron chi connectivity index (χ1n) is 6.08. The standard InChI is InChI=1S/C12H18N4O2S/c1-12(2)7-16(5-8(6-17)18-12)11-14-4-3-9(15-11)10(13)19/h3-4,8,17H,5-7H2,1-2H3,(H2,13,19). The second-order valence-electron chi connectivity index (χ2n) is 5.17. The van der Waals surface area contributed by atoms with Crippen LogP contribution in [-0.4, -0.2) is 51.5 Å². The van der Waals surface area contributed by atoms with Crippen LogP contribution >= 0.6 is 12.2 Å². The predicted molar refractivity (Wildman–Crippen MR) is 76.2 cm³/mol. The normalized spacial score (nSPS) is 22.3. The van der Waals surface area contributed by atoms with E-state index in [0.29, 0.717) is 24.7 Å². The Balaban J connectivity index is 2.25. The Morgan fingerprint density at radius 3 is 3.05 bits per heavy atom. The number of morpholine rings is 1. The van der Waals surface area contributed by atoms with Gasteiger partial charge in [-0.15, -0.1) is 0 Å². The maximum Gasteiger partial charge on any atom is 0.226 e. The monoisotopic (exact) mass is 282 g/mol. The minimum atomic E-state index is -0.367. The van der Waals surface area contributed by atoms with E-state index in [2.05, 4.69) is 9.97 Å². The van der Waals surface area contributed by atoms with E-state index in [9.17, 15) is 5.11 Å². The van der Waals surface area contributed by atoms with Crippen LogP contribution in [0, 0.1) is 0 Å². The number of nitrogens with two attached hydrogens (primary N) is 1. The zero-order chi connectivity index (χ0) is 14.0. The highest BCUT2D eigenvalue weighted by Crippen LogP contribution is 2.23. The van der Waals surface area contributed by atoms with Crippen molar-refractivity contribution in [3.8, 4) is 0 Å². The van der Waals surface area contributed by atoms with E-state index >= 15 is 0 Å². The van der Waals surface area contributed by atoms with Crippen molar-refractivity contribution in [2.45, 2.75) is 25.6 Å². The highest BCUT2D eigenvalue weighted by atomic mass is 32.1. The number of ether oxygens (including phenoxy) is 1. The fraction of sp³-hybridized carbons (Fsp3) is 0.583. The fourth-order valence-corrected chi connectivity index (χ4v) is 2.29. The Labute approximate surface area is 117 Å². The molecule has 1 aromatic rings. The van der Waals surface area contributed by atoms with Crippen LogP contribution in [0.2, 0.25) is 0 Å². The number of aliphatic hydroxyl groups excluding tert-OH is 1. The summed E-state index contributed by atoms with van der Waals surface area (Å²) in [5.41, 5.74) is 5.76. The predicted octanol–water partition coefficient (Wildman–Crippen LogP) is 0.0869. The van der Waals surface area contributed by atoms with E-state index in [-0.39, 0.29) is 23.3 Å². The van der Waals surface area contributed by atoms with Crippen LogP contribution < -0.4 is 10.6 Å². The second-order valence-corrected chi connectivity index (χ2v) is 5.61. The van der Waals surface area contributed by atoms with Crippen molar-refractivity contribution in [3.05, 3.63) is 18.0 Å². The maximum absolute atomic E-state index is 9.30. The molecule has 0 bridgehead atoms. The summed E-state index contributed by atoms with van der Waals surface area (Å²) < 4.78 is 5.75. The lowest BCUT2D eigenvalue weighted by Gasteiger charge is -2.42. The van der Waals surface area contributed by atoms with Gasteiger partial charge in [0.05, 0.1) is 18.3 Å². The second kappa shape index (κ2) is 5.36. The molecular formula is C12H18N4O2S. The Morgan fingerprint density at radius 1 is 1.68 bits per heavy atom. The summed E-state index contributed by atoms with van der Waals surface area (Å²) in [4.78, 5) is 10.8. The van der Waals surface area contributed by atoms with Gasteiger partial charge in [-0.3, -0.25) is 0 Å². The molecule has 1 aromatic heterocycles. The van der Waals surface area contributed by atoms with E-state index in [1.54, 1.807) is 12.3 Å². The zero-order valence-corrected chi connectivity index (χ0v) is 11.9. The van der Waals surface area contributed by atoms with Gasteiger partial charge in [0.25, 0.3) is 0 Å². The van der Waals surface area contributed by atoms with Crippen molar-refractivity contribution in [3.63, 3.8) is 0 Å². The molecule has 3 N–H and O–H groups in total. The van der Waals surface area contributed by atoms with Crippen molar-refractivity contribution in [2.24, 2.45) is 5.73 Å². The molecule has 1 aliphatic rings. The van der Waals surface area contributed by atoms with E-state index < -0.39 is 0 Å². The maximum atomic E-state index is 9.30. The van der Waals surface area contributed by atoms with Gasteiger partial charge in [-0.1, -0.05) is 12.2 Å². The Kier molecular flexibility index (Phi) is 3.98. The van der Waals surface area contributed by atoms with Gasteiger partial charge in [-0.25, -0.2) is 9.97 Å². The van der Waals surface area contributed by atoms with Gasteiger partial charge >= 0.3 is 0 Å². The van der Waals surface area contributed by atoms with E-state index in [1.807, 2.05) is 18.7 Å².